The topological polar surface area (TPSA) is 108 Å². The Balaban J connectivity index is 1.50. The van der Waals surface area contributed by atoms with Crippen molar-refractivity contribution >= 4 is 17.4 Å². The molecule has 1 aliphatic carbocycles. The Morgan fingerprint density at radius 1 is 1.09 bits per heavy atom. The van der Waals surface area contributed by atoms with Crippen molar-refractivity contribution in [3.63, 3.8) is 0 Å². The van der Waals surface area contributed by atoms with Crippen LogP contribution in [0.5, 0.6) is 5.75 Å². The summed E-state index contributed by atoms with van der Waals surface area (Å²) in [6.45, 7) is 17.3. The van der Waals surface area contributed by atoms with Crippen molar-refractivity contribution in [1.29, 1.82) is 0 Å². The van der Waals surface area contributed by atoms with Crippen molar-refractivity contribution in [1.82, 2.24) is 20.6 Å². The third kappa shape index (κ3) is 8.79. The van der Waals surface area contributed by atoms with Gasteiger partial charge in [0.15, 0.2) is 0 Å². The maximum Gasteiger partial charge on any atom is 0.217 e. The van der Waals surface area contributed by atoms with E-state index in [1.54, 1.807) is 0 Å². The molecule has 4 N–H and O–H groups in total. The van der Waals surface area contributed by atoms with Crippen LogP contribution in [0.4, 0.5) is 11.5 Å². The number of amides is 1. The van der Waals surface area contributed by atoms with E-state index < -0.39 is 12.1 Å². The lowest BCUT2D eigenvalue weighted by Gasteiger charge is -2.28. The fourth-order valence-corrected chi connectivity index (χ4v) is 5.40. The molecular weight excluding hydrogens is 550 g/mol. The Labute approximate surface area is 263 Å². The maximum atomic E-state index is 12.2. The van der Waals surface area contributed by atoms with Crippen LogP contribution >= 0.6 is 0 Å². The normalized spacial score (nSPS) is 15.5. The van der Waals surface area contributed by atoms with Crippen LogP contribution in [0.1, 0.15) is 102 Å². The van der Waals surface area contributed by atoms with Crippen LogP contribution in [0.25, 0.3) is 0 Å². The molecule has 8 nitrogen and oxygen atoms in total. The second-order valence-electron chi connectivity index (χ2n) is 13.6. The van der Waals surface area contributed by atoms with Crippen molar-refractivity contribution in [3.8, 4) is 5.75 Å². The predicted octanol–water partition coefficient (Wildman–Crippen LogP) is 6.43. The minimum absolute atomic E-state index is 0.0671. The number of carbonyl (C=O) groups excluding carboxylic acids is 1. The summed E-state index contributed by atoms with van der Waals surface area (Å²) in [6.07, 6.45) is 2.60. The average molecular weight is 602 g/mol. The molecule has 1 aliphatic rings. The predicted molar refractivity (Wildman–Crippen MR) is 178 cm³/mol. The van der Waals surface area contributed by atoms with E-state index in [-0.39, 0.29) is 22.8 Å². The van der Waals surface area contributed by atoms with Gasteiger partial charge in [-0.2, -0.15) is 0 Å². The van der Waals surface area contributed by atoms with E-state index in [4.69, 9.17) is 9.72 Å². The Bertz CT molecular complexity index is 1430. The molecule has 0 spiro atoms. The van der Waals surface area contributed by atoms with Gasteiger partial charge in [0, 0.05) is 36.7 Å². The minimum Gasteiger partial charge on any atom is -0.491 e. The first-order valence-corrected chi connectivity index (χ1v) is 16.0. The number of aliphatic hydroxyl groups is 1. The fourth-order valence-electron chi connectivity index (χ4n) is 5.40. The second-order valence-corrected chi connectivity index (χ2v) is 13.6. The average Bonchev–Trinajstić information content (AvgIpc) is 3.76. The van der Waals surface area contributed by atoms with Crippen LogP contribution in [0, 0.1) is 6.92 Å². The second kappa shape index (κ2) is 14.1. The number of aryl methyl sites for hydroxylation is 1. The first-order chi connectivity index (χ1) is 20.8. The SMILES string of the molecule is CCCOc1cc(C[C@H](NC(C)=O)[C@@H](O)CNC2(c3cccc(C(C)(C)C)c3)CC2)ccc1Nc1cc(C)nc(C(C)C)n1. The summed E-state index contributed by atoms with van der Waals surface area (Å²) in [6, 6.07) is 16.2. The summed E-state index contributed by atoms with van der Waals surface area (Å²) >= 11 is 0. The third-order valence-corrected chi connectivity index (χ3v) is 8.15. The highest BCUT2D eigenvalue weighted by molar-refractivity contribution is 5.73. The zero-order valence-electron chi connectivity index (χ0n) is 27.8. The van der Waals surface area contributed by atoms with E-state index >= 15 is 0 Å². The number of nitrogens with zero attached hydrogens (tertiary/aromatic N) is 2. The zero-order chi connectivity index (χ0) is 32.1. The van der Waals surface area contributed by atoms with E-state index in [0.717, 1.165) is 47.8 Å². The van der Waals surface area contributed by atoms with E-state index in [9.17, 15) is 9.90 Å². The molecule has 0 radical (unpaired) electrons. The number of benzene rings is 2. The molecule has 1 heterocycles. The van der Waals surface area contributed by atoms with Gasteiger partial charge in [-0.15, -0.1) is 0 Å². The Morgan fingerprint density at radius 2 is 1.84 bits per heavy atom. The lowest BCUT2D eigenvalue weighted by molar-refractivity contribution is -0.120. The summed E-state index contributed by atoms with van der Waals surface area (Å²) in [5.74, 6) is 2.25. The summed E-state index contributed by atoms with van der Waals surface area (Å²) in [5, 5.41) is 21.4. The van der Waals surface area contributed by atoms with Gasteiger partial charge in [-0.1, -0.05) is 71.9 Å². The van der Waals surface area contributed by atoms with Crippen molar-refractivity contribution in [2.45, 2.75) is 110 Å². The number of aliphatic hydroxyl groups excluding tert-OH is 1. The van der Waals surface area contributed by atoms with Gasteiger partial charge in [0.05, 0.1) is 24.4 Å². The molecular formula is C36H51N5O3. The van der Waals surface area contributed by atoms with E-state index in [1.807, 2.05) is 31.2 Å². The fraction of sp³-hybridized carbons (Fsp3) is 0.528. The number of ether oxygens (including phenoxy) is 1. The van der Waals surface area contributed by atoms with Crippen LogP contribution in [0.3, 0.4) is 0 Å². The minimum atomic E-state index is -0.779. The highest BCUT2D eigenvalue weighted by Crippen LogP contribution is 2.46. The quantitative estimate of drug-likeness (QED) is 0.169. The molecule has 238 valence electrons. The van der Waals surface area contributed by atoms with Crippen LogP contribution < -0.4 is 20.7 Å². The number of aromatic nitrogens is 2. The van der Waals surface area contributed by atoms with Gasteiger partial charge < -0.3 is 25.8 Å². The van der Waals surface area contributed by atoms with Gasteiger partial charge in [0.1, 0.15) is 17.4 Å². The third-order valence-electron chi connectivity index (χ3n) is 8.15. The first kappa shape index (κ1) is 33.4. The number of hydrogen-bond donors (Lipinski definition) is 4. The molecule has 1 amide bonds. The molecule has 2 aromatic carbocycles. The molecule has 8 heteroatoms. The van der Waals surface area contributed by atoms with Crippen LogP contribution in [-0.4, -0.2) is 46.3 Å². The highest BCUT2D eigenvalue weighted by atomic mass is 16.5. The number of nitrogens with one attached hydrogen (secondary N) is 3. The molecule has 44 heavy (non-hydrogen) atoms. The van der Waals surface area contributed by atoms with Gasteiger partial charge in [0.25, 0.3) is 0 Å². The van der Waals surface area contributed by atoms with Gasteiger partial charge in [-0.3, -0.25) is 4.79 Å². The summed E-state index contributed by atoms with van der Waals surface area (Å²) in [7, 11) is 0. The summed E-state index contributed by atoms with van der Waals surface area (Å²) in [5.41, 5.74) is 5.16. The van der Waals surface area contributed by atoms with Crippen LogP contribution in [0.15, 0.2) is 48.5 Å². The zero-order valence-corrected chi connectivity index (χ0v) is 27.8. The molecule has 1 aromatic heterocycles. The lowest BCUT2D eigenvalue weighted by Crippen LogP contribution is -2.49. The molecule has 0 aliphatic heterocycles. The molecule has 4 rings (SSSR count). The number of anilines is 2. The number of hydrogen-bond acceptors (Lipinski definition) is 7. The Kier molecular flexibility index (Phi) is 10.7. The largest absolute Gasteiger partial charge is 0.491 e. The maximum absolute atomic E-state index is 12.2. The molecule has 0 bridgehead atoms. The standard InChI is InChI=1S/C36H51N5O3/c1-9-17-44-32-20-26(13-14-29(32)40-33-18-24(4)38-34(41-33)23(2)3)19-30(39-25(5)42)31(43)22-37-36(15-16-36)28-12-10-11-27(21-28)35(6,7)8/h10-14,18,20-21,23,30-31,37,43H,9,15-17,19,22H2,1-8H3,(H,39,42)(H,38,40,41)/t30-,31-/m0/s1. The van der Waals surface area contributed by atoms with E-state index in [2.05, 4.69) is 86.7 Å². The first-order valence-electron chi connectivity index (χ1n) is 16.0. The van der Waals surface area contributed by atoms with Gasteiger partial charge in [0.2, 0.25) is 5.91 Å². The molecule has 0 saturated heterocycles. The van der Waals surface area contributed by atoms with E-state index in [0.29, 0.717) is 25.3 Å². The molecule has 3 aromatic rings. The number of rotatable bonds is 14. The van der Waals surface area contributed by atoms with Crippen LogP contribution in [0.2, 0.25) is 0 Å². The molecule has 0 unspecified atom stereocenters. The van der Waals surface area contributed by atoms with Gasteiger partial charge >= 0.3 is 0 Å². The molecule has 1 fully saturated rings. The highest BCUT2D eigenvalue weighted by Gasteiger charge is 2.44. The summed E-state index contributed by atoms with van der Waals surface area (Å²) in [4.78, 5) is 21.4. The Hall–Kier alpha value is -3.49. The Morgan fingerprint density at radius 3 is 2.48 bits per heavy atom. The van der Waals surface area contributed by atoms with Gasteiger partial charge in [-0.05, 0) is 66.8 Å². The van der Waals surface area contributed by atoms with Crippen molar-refractivity contribution < 1.29 is 14.6 Å². The van der Waals surface area contributed by atoms with Crippen molar-refractivity contribution in [2.24, 2.45) is 0 Å². The smallest absolute Gasteiger partial charge is 0.217 e. The van der Waals surface area contributed by atoms with Crippen molar-refractivity contribution in [3.05, 3.63) is 76.7 Å². The van der Waals surface area contributed by atoms with E-state index in [1.165, 1.54) is 18.1 Å². The lowest BCUT2D eigenvalue weighted by atomic mass is 9.85. The summed E-state index contributed by atoms with van der Waals surface area (Å²) < 4.78 is 6.15. The monoisotopic (exact) mass is 601 g/mol. The molecule has 1 saturated carbocycles. The van der Waals surface area contributed by atoms with Crippen LogP contribution in [-0.2, 0) is 22.2 Å². The molecule has 2 atom stereocenters. The number of carbonyl (C=O) groups is 1. The van der Waals surface area contributed by atoms with Gasteiger partial charge in [-0.25, -0.2) is 9.97 Å². The van der Waals surface area contributed by atoms with Crippen molar-refractivity contribution in [2.75, 3.05) is 18.5 Å².